The van der Waals surface area contributed by atoms with Crippen LogP contribution in [0.3, 0.4) is 0 Å². The molecule has 0 saturated heterocycles. The Morgan fingerprint density at radius 1 is 1.36 bits per heavy atom. The molecule has 1 aromatic carbocycles. The van der Waals surface area contributed by atoms with Crippen molar-refractivity contribution in [1.82, 2.24) is 5.32 Å². The molecule has 6 heteroatoms. The zero-order chi connectivity index (χ0) is 16.4. The first-order valence-electron chi connectivity index (χ1n) is 7.04. The molecule has 22 heavy (non-hydrogen) atoms. The van der Waals surface area contributed by atoms with Gasteiger partial charge in [-0.1, -0.05) is 0 Å². The van der Waals surface area contributed by atoms with E-state index in [0.717, 1.165) is 19.3 Å². The average molecular weight is 364 g/mol. The van der Waals surface area contributed by atoms with E-state index in [1.807, 2.05) is 0 Å². The molecule has 0 bridgehead atoms. The number of para-hydroxylation sites is 1. The summed E-state index contributed by atoms with van der Waals surface area (Å²) in [5.74, 6) is 2.39. The topological polar surface area (TPSA) is 81.4 Å². The molecule has 0 aliphatic rings. The average Bonchev–Trinajstić information content (AvgIpc) is 2.52. The number of unbranched alkanes of at least 4 members (excludes halogenated alkanes) is 1. The Morgan fingerprint density at radius 2 is 2.09 bits per heavy atom. The molecule has 1 aromatic rings. The number of ether oxygens (including phenoxy) is 1. The zero-order valence-corrected chi connectivity index (χ0v) is 14.8. The number of hydrogen-bond acceptors (Lipinski definition) is 3. The number of hydrogen-bond donors (Lipinski definition) is 2. The maximum atomic E-state index is 12.1. The molecule has 0 radical (unpaired) electrons. The van der Waals surface area contributed by atoms with Crippen LogP contribution in [-0.2, 0) is 4.79 Å². The molecule has 0 aromatic heterocycles. The van der Waals surface area contributed by atoms with Crippen molar-refractivity contribution in [2.24, 2.45) is 5.73 Å². The summed E-state index contributed by atoms with van der Waals surface area (Å²) >= 11 is 1.34. The fourth-order valence-electron chi connectivity index (χ4n) is 1.83. The number of carbonyl (C=O) groups is 2. The number of terminal acetylenes is 1. The minimum absolute atomic E-state index is 0.0684. The van der Waals surface area contributed by atoms with E-state index in [2.05, 4.69) is 11.2 Å². The SMILES string of the molecule is C#CCOc1ccccc1C(=O)NCCCCC([AsH2])C(N)=O. The Hall–Kier alpha value is -1.92. The van der Waals surface area contributed by atoms with Gasteiger partial charge in [-0.25, -0.2) is 0 Å². The maximum absolute atomic E-state index is 12.1. The monoisotopic (exact) mass is 364 g/mol. The fraction of sp³-hybridized carbons (Fsp3) is 0.375. The van der Waals surface area contributed by atoms with E-state index in [-0.39, 0.29) is 23.1 Å². The minimum atomic E-state index is -0.261. The zero-order valence-electron chi connectivity index (χ0n) is 12.4. The Morgan fingerprint density at radius 3 is 2.77 bits per heavy atom. The summed E-state index contributed by atoms with van der Waals surface area (Å²) in [5, 5.41) is 2.84. The molecule has 0 heterocycles. The van der Waals surface area contributed by atoms with Gasteiger partial charge in [-0.2, -0.15) is 0 Å². The van der Waals surface area contributed by atoms with Crippen molar-refractivity contribution in [1.29, 1.82) is 0 Å². The van der Waals surface area contributed by atoms with Gasteiger partial charge < -0.3 is 0 Å². The van der Waals surface area contributed by atoms with Gasteiger partial charge in [-0.3, -0.25) is 0 Å². The second-order valence-electron chi connectivity index (χ2n) is 4.75. The normalized spacial score (nSPS) is 11.3. The third kappa shape index (κ3) is 6.24. The van der Waals surface area contributed by atoms with Crippen LogP contribution in [0.1, 0.15) is 29.6 Å². The van der Waals surface area contributed by atoms with Crippen molar-refractivity contribution >= 4 is 28.7 Å². The van der Waals surface area contributed by atoms with Crippen LogP contribution in [0.4, 0.5) is 0 Å². The van der Waals surface area contributed by atoms with E-state index in [0.29, 0.717) is 17.9 Å². The Kier molecular flexibility index (Phi) is 8.17. The van der Waals surface area contributed by atoms with E-state index in [1.165, 1.54) is 16.9 Å². The Labute approximate surface area is 139 Å². The molecule has 0 spiro atoms. The van der Waals surface area contributed by atoms with Crippen LogP contribution in [0.15, 0.2) is 24.3 Å². The number of amides is 2. The summed E-state index contributed by atoms with van der Waals surface area (Å²) in [4.78, 5) is 23.0. The van der Waals surface area contributed by atoms with Gasteiger partial charge >= 0.3 is 133 Å². The van der Waals surface area contributed by atoms with Crippen LogP contribution < -0.4 is 15.8 Å². The number of nitrogens with one attached hydrogen (secondary N) is 1. The molecular formula is C16H21AsN2O3. The third-order valence-corrected chi connectivity index (χ3v) is 4.42. The van der Waals surface area contributed by atoms with E-state index in [1.54, 1.807) is 24.3 Å². The number of rotatable bonds is 9. The van der Waals surface area contributed by atoms with Gasteiger partial charge in [-0.05, 0) is 0 Å². The molecule has 2 unspecified atom stereocenters. The molecule has 0 fully saturated rings. The summed E-state index contributed by atoms with van der Waals surface area (Å²) < 4.78 is 5.28. The first kappa shape index (κ1) is 18.1. The van der Waals surface area contributed by atoms with Crippen molar-refractivity contribution in [2.75, 3.05) is 13.2 Å². The summed E-state index contributed by atoms with van der Waals surface area (Å²) in [7, 11) is 0. The first-order valence-corrected chi connectivity index (χ1v) is 8.44. The number of nitrogens with two attached hydrogens (primary N) is 1. The van der Waals surface area contributed by atoms with Crippen LogP contribution in [0.2, 0.25) is 4.71 Å². The van der Waals surface area contributed by atoms with Crippen molar-refractivity contribution in [3.8, 4) is 18.1 Å². The predicted molar refractivity (Wildman–Crippen MR) is 88.4 cm³/mol. The molecule has 2 amide bonds. The number of primary amides is 1. The van der Waals surface area contributed by atoms with Gasteiger partial charge in [0.2, 0.25) is 0 Å². The van der Waals surface area contributed by atoms with Gasteiger partial charge in [-0.15, -0.1) is 6.42 Å². The van der Waals surface area contributed by atoms with Crippen LogP contribution in [-0.4, -0.2) is 41.8 Å². The summed E-state index contributed by atoms with van der Waals surface area (Å²) in [6.45, 7) is 0.665. The van der Waals surface area contributed by atoms with Gasteiger partial charge in [0.15, 0.2) is 0 Å². The molecule has 1 rings (SSSR count). The van der Waals surface area contributed by atoms with E-state index in [4.69, 9.17) is 16.9 Å². The van der Waals surface area contributed by atoms with Gasteiger partial charge in [0.1, 0.15) is 0 Å². The molecule has 0 saturated carbocycles. The second kappa shape index (κ2) is 9.91. The third-order valence-electron chi connectivity index (χ3n) is 3.04. The number of carbonyl (C=O) groups excluding carboxylic acids is 2. The van der Waals surface area contributed by atoms with Crippen molar-refractivity contribution in [2.45, 2.75) is 24.0 Å². The molecule has 5 nitrogen and oxygen atoms in total. The van der Waals surface area contributed by atoms with Crippen molar-refractivity contribution in [3.05, 3.63) is 29.8 Å². The molecule has 2 atom stereocenters. The van der Waals surface area contributed by atoms with Gasteiger partial charge in [0.25, 0.3) is 0 Å². The molecule has 0 aliphatic heterocycles. The van der Waals surface area contributed by atoms with Crippen molar-refractivity contribution < 1.29 is 14.3 Å². The van der Waals surface area contributed by atoms with Crippen LogP contribution in [0.5, 0.6) is 5.75 Å². The van der Waals surface area contributed by atoms with E-state index >= 15 is 0 Å². The first-order chi connectivity index (χ1) is 10.6. The van der Waals surface area contributed by atoms with Gasteiger partial charge in [0.05, 0.1) is 0 Å². The summed E-state index contributed by atoms with van der Waals surface area (Å²) in [6, 6.07) is 6.96. The molecule has 0 aliphatic carbocycles. The second-order valence-corrected chi connectivity index (χ2v) is 6.44. The van der Waals surface area contributed by atoms with Crippen molar-refractivity contribution in [3.63, 3.8) is 0 Å². The molecule has 3 N–H and O–H groups in total. The van der Waals surface area contributed by atoms with E-state index in [9.17, 15) is 9.59 Å². The van der Waals surface area contributed by atoms with E-state index < -0.39 is 0 Å². The Balaban J connectivity index is 2.40. The molecular weight excluding hydrogens is 343 g/mol. The van der Waals surface area contributed by atoms with Crippen LogP contribution in [0.25, 0.3) is 0 Å². The summed E-state index contributed by atoms with van der Waals surface area (Å²) in [6.07, 6.45) is 7.56. The van der Waals surface area contributed by atoms with Crippen LogP contribution in [0, 0.1) is 12.3 Å². The summed E-state index contributed by atoms with van der Waals surface area (Å²) in [5.41, 5.74) is 5.67. The predicted octanol–water partition coefficient (Wildman–Crippen LogP) is 0.506. The number of benzene rings is 1. The standard InChI is InChI=1S/C16H21AsN2O3/c1-2-11-22-14-9-4-3-7-12(14)16(21)19-10-6-5-8-13(17)15(18)20/h1,3-4,7,9,13H,5-6,8,10-11,17H2,(H2,18,20)(H,19,21). The van der Waals surface area contributed by atoms with Gasteiger partial charge in [0, 0.05) is 0 Å². The fourth-order valence-corrected chi connectivity index (χ4v) is 2.32. The molecule has 118 valence electrons. The van der Waals surface area contributed by atoms with Crippen LogP contribution >= 0.6 is 0 Å². The quantitative estimate of drug-likeness (QED) is 0.381. The Bertz CT molecular complexity index is 555.